The van der Waals surface area contributed by atoms with Crippen molar-refractivity contribution >= 4 is 0 Å². The third-order valence-electron chi connectivity index (χ3n) is 3.97. The van der Waals surface area contributed by atoms with Crippen molar-refractivity contribution in [3.05, 3.63) is 23.8 Å². The van der Waals surface area contributed by atoms with Gasteiger partial charge in [-0.3, -0.25) is 4.90 Å². The summed E-state index contributed by atoms with van der Waals surface area (Å²) in [7, 11) is 3.76. The molecule has 0 radical (unpaired) electrons. The number of nitrogens with zero attached hydrogens (tertiary/aromatic N) is 2. The minimum atomic E-state index is 0.0724. The molecule has 0 N–H and O–H groups in total. The first kappa shape index (κ1) is 14.7. The van der Waals surface area contributed by atoms with E-state index < -0.39 is 0 Å². The van der Waals surface area contributed by atoms with E-state index in [0.717, 1.165) is 13.0 Å². The van der Waals surface area contributed by atoms with E-state index in [1.807, 2.05) is 0 Å². The lowest BCUT2D eigenvalue weighted by molar-refractivity contribution is 0.0667. The number of rotatable bonds is 4. The lowest BCUT2D eigenvalue weighted by atomic mass is 9.99. The maximum absolute atomic E-state index is 9.00. The van der Waals surface area contributed by atoms with Crippen molar-refractivity contribution < 1.29 is 9.47 Å². The number of methoxy groups -OCH3 is 1. The second-order valence-corrected chi connectivity index (χ2v) is 5.34. The van der Waals surface area contributed by atoms with E-state index in [0.29, 0.717) is 23.1 Å². The molecule has 2 unspecified atom stereocenters. The van der Waals surface area contributed by atoms with E-state index in [1.54, 1.807) is 25.3 Å². The van der Waals surface area contributed by atoms with Gasteiger partial charge in [0.15, 0.2) is 11.5 Å². The first-order valence-corrected chi connectivity index (χ1v) is 7.10. The fourth-order valence-electron chi connectivity index (χ4n) is 2.81. The number of nitriles is 1. The van der Waals surface area contributed by atoms with Gasteiger partial charge in [0.05, 0.1) is 18.7 Å². The number of piperidine rings is 1. The summed E-state index contributed by atoms with van der Waals surface area (Å²) in [5.74, 6) is 1.33. The second-order valence-electron chi connectivity index (χ2n) is 5.34. The van der Waals surface area contributed by atoms with E-state index in [9.17, 15) is 0 Å². The van der Waals surface area contributed by atoms with Gasteiger partial charge in [-0.25, -0.2) is 0 Å². The molecule has 1 aliphatic heterocycles. The molecule has 1 heterocycles. The molecule has 1 fully saturated rings. The average Bonchev–Trinajstić information content (AvgIpc) is 2.47. The summed E-state index contributed by atoms with van der Waals surface area (Å²) in [5.41, 5.74) is 0.588. The van der Waals surface area contributed by atoms with E-state index >= 15 is 0 Å². The van der Waals surface area contributed by atoms with Crippen molar-refractivity contribution in [2.24, 2.45) is 0 Å². The van der Waals surface area contributed by atoms with Crippen molar-refractivity contribution in [3.63, 3.8) is 0 Å². The Morgan fingerprint density at radius 3 is 2.80 bits per heavy atom. The topological polar surface area (TPSA) is 45.5 Å². The van der Waals surface area contributed by atoms with Crippen LogP contribution < -0.4 is 9.47 Å². The average molecular weight is 274 g/mol. The summed E-state index contributed by atoms with van der Waals surface area (Å²) in [6, 6.07) is 7.82. The minimum absolute atomic E-state index is 0.0724. The highest BCUT2D eigenvalue weighted by Gasteiger charge is 2.26. The zero-order valence-electron chi connectivity index (χ0n) is 12.4. The van der Waals surface area contributed by atoms with E-state index in [4.69, 9.17) is 14.7 Å². The highest BCUT2D eigenvalue weighted by molar-refractivity contribution is 5.46. The summed E-state index contributed by atoms with van der Waals surface area (Å²) in [4.78, 5) is 2.36. The van der Waals surface area contributed by atoms with Gasteiger partial charge < -0.3 is 9.47 Å². The third kappa shape index (κ3) is 3.23. The molecule has 0 amide bonds. The maximum atomic E-state index is 9.00. The van der Waals surface area contributed by atoms with Gasteiger partial charge in [-0.2, -0.15) is 5.26 Å². The molecule has 4 heteroatoms. The molecular formula is C16H22N2O2. The van der Waals surface area contributed by atoms with Gasteiger partial charge >= 0.3 is 0 Å². The van der Waals surface area contributed by atoms with Crippen molar-refractivity contribution in [1.29, 1.82) is 5.26 Å². The van der Waals surface area contributed by atoms with Crippen molar-refractivity contribution in [1.82, 2.24) is 4.90 Å². The highest BCUT2D eigenvalue weighted by Crippen LogP contribution is 2.30. The van der Waals surface area contributed by atoms with Gasteiger partial charge in [0.25, 0.3) is 0 Å². The lowest BCUT2D eigenvalue weighted by Gasteiger charge is -2.36. The Kier molecular flexibility index (Phi) is 4.86. The fourth-order valence-corrected chi connectivity index (χ4v) is 2.81. The summed E-state index contributed by atoms with van der Waals surface area (Å²) in [5, 5.41) is 9.00. The number of likely N-dealkylation sites (N-methyl/N-ethyl adjacent to an activating group) is 1. The predicted molar refractivity (Wildman–Crippen MR) is 78.1 cm³/mol. The number of hydrogen-bond acceptors (Lipinski definition) is 4. The number of benzene rings is 1. The van der Waals surface area contributed by atoms with Crippen LogP contribution in [0.25, 0.3) is 0 Å². The molecule has 108 valence electrons. The van der Waals surface area contributed by atoms with E-state index in [-0.39, 0.29) is 6.10 Å². The van der Waals surface area contributed by atoms with Crippen LogP contribution in [0.15, 0.2) is 18.2 Å². The van der Waals surface area contributed by atoms with E-state index in [1.165, 1.54) is 12.8 Å². The van der Waals surface area contributed by atoms with Crippen LogP contribution in [0.2, 0.25) is 0 Å². The second kappa shape index (κ2) is 6.62. The van der Waals surface area contributed by atoms with Crippen molar-refractivity contribution in [2.75, 3.05) is 20.7 Å². The number of likely N-dealkylation sites (tertiary alicyclic amines) is 1. The quantitative estimate of drug-likeness (QED) is 0.847. The molecule has 2 rings (SSSR count). The van der Waals surface area contributed by atoms with Crippen LogP contribution in [0.1, 0.15) is 31.7 Å². The highest BCUT2D eigenvalue weighted by atomic mass is 16.5. The normalized spacial score (nSPS) is 21.0. The molecule has 1 aromatic carbocycles. The van der Waals surface area contributed by atoms with E-state index in [2.05, 4.69) is 24.9 Å². The lowest BCUT2D eigenvalue weighted by Crippen LogP contribution is -2.45. The zero-order chi connectivity index (χ0) is 14.5. The molecule has 4 nitrogen and oxygen atoms in total. The van der Waals surface area contributed by atoms with Crippen molar-refractivity contribution in [2.45, 2.75) is 38.3 Å². The molecule has 1 saturated heterocycles. The van der Waals surface area contributed by atoms with Crippen molar-refractivity contribution in [3.8, 4) is 17.6 Å². The van der Waals surface area contributed by atoms with Crippen LogP contribution in [-0.4, -0.2) is 37.7 Å². The first-order valence-electron chi connectivity index (χ1n) is 7.10. The van der Waals surface area contributed by atoms with Gasteiger partial charge in [-0.15, -0.1) is 0 Å². The summed E-state index contributed by atoms with van der Waals surface area (Å²) < 4.78 is 11.4. The van der Waals surface area contributed by atoms with Crippen LogP contribution in [0, 0.1) is 11.3 Å². The number of ether oxygens (including phenoxy) is 2. The van der Waals surface area contributed by atoms with Crippen LogP contribution in [0.4, 0.5) is 0 Å². The van der Waals surface area contributed by atoms with Crippen LogP contribution in [-0.2, 0) is 0 Å². The summed E-state index contributed by atoms with van der Waals surface area (Å²) >= 11 is 0. The third-order valence-corrected chi connectivity index (χ3v) is 3.97. The number of hydrogen-bond donors (Lipinski definition) is 0. The molecular weight excluding hydrogens is 252 g/mol. The summed E-state index contributed by atoms with van der Waals surface area (Å²) in [6.45, 7) is 3.21. The molecule has 0 spiro atoms. The SMILES string of the molecule is COc1ccc(C#N)cc1OC(C)C1CCCCN1C. The fraction of sp³-hybridized carbons (Fsp3) is 0.562. The molecule has 1 aliphatic rings. The Labute approximate surface area is 120 Å². The minimum Gasteiger partial charge on any atom is -0.493 e. The van der Waals surface area contributed by atoms with Crippen LogP contribution in [0.3, 0.4) is 0 Å². The molecule has 2 atom stereocenters. The smallest absolute Gasteiger partial charge is 0.162 e. The molecule has 1 aromatic rings. The van der Waals surface area contributed by atoms with Crippen LogP contribution in [0.5, 0.6) is 11.5 Å². The first-order chi connectivity index (χ1) is 9.65. The summed E-state index contributed by atoms with van der Waals surface area (Å²) in [6.07, 6.45) is 3.73. The Bertz CT molecular complexity index is 496. The monoisotopic (exact) mass is 274 g/mol. The zero-order valence-corrected chi connectivity index (χ0v) is 12.4. The maximum Gasteiger partial charge on any atom is 0.162 e. The Balaban J connectivity index is 2.14. The molecule has 0 aliphatic carbocycles. The van der Waals surface area contributed by atoms with Gasteiger partial charge in [0.1, 0.15) is 6.10 Å². The Hall–Kier alpha value is -1.73. The standard InChI is InChI=1S/C16H22N2O2/c1-12(14-6-4-5-9-18(14)2)20-16-10-13(11-17)7-8-15(16)19-3/h7-8,10,12,14H,4-6,9H2,1-3H3. The predicted octanol–water partition coefficient (Wildman–Crippen LogP) is 2.82. The van der Waals surface area contributed by atoms with Gasteiger partial charge in [0, 0.05) is 12.1 Å². The molecule has 20 heavy (non-hydrogen) atoms. The molecule has 0 aromatic heterocycles. The largest absolute Gasteiger partial charge is 0.493 e. The molecule has 0 bridgehead atoms. The molecule has 0 saturated carbocycles. The van der Waals surface area contributed by atoms with Crippen LogP contribution >= 0.6 is 0 Å². The Morgan fingerprint density at radius 1 is 1.35 bits per heavy atom. The van der Waals surface area contributed by atoms with Gasteiger partial charge in [-0.05, 0) is 45.5 Å². The van der Waals surface area contributed by atoms with Gasteiger partial charge in [0.2, 0.25) is 0 Å². The Morgan fingerprint density at radius 2 is 2.15 bits per heavy atom. The van der Waals surface area contributed by atoms with Gasteiger partial charge in [-0.1, -0.05) is 6.42 Å².